The molecule has 0 unspecified atom stereocenters. The molecule has 2 heterocycles. The summed E-state index contributed by atoms with van der Waals surface area (Å²) in [6.45, 7) is 8.40. The van der Waals surface area contributed by atoms with E-state index in [1.54, 1.807) is 7.11 Å². The Morgan fingerprint density at radius 2 is 1.81 bits per heavy atom. The zero-order valence-corrected chi connectivity index (χ0v) is 18.4. The maximum absolute atomic E-state index is 13.0. The number of likely N-dealkylation sites (N-methyl/N-ethyl adjacent to an activating group) is 1. The Bertz CT molecular complexity index is 896. The minimum absolute atomic E-state index is 0.159. The molecule has 7 heteroatoms. The normalized spacial score (nSPS) is 16.1. The van der Waals surface area contributed by atoms with Gasteiger partial charge in [-0.15, -0.1) is 0 Å². The lowest BCUT2D eigenvalue weighted by atomic mass is 10.1. The number of rotatable bonds is 7. The van der Waals surface area contributed by atoms with Crippen LogP contribution in [0.15, 0.2) is 42.5 Å². The summed E-state index contributed by atoms with van der Waals surface area (Å²) in [7, 11) is 1.69. The molecule has 4 rings (SSSR count). The standard InChI is InChI=1S/C24H31N3O4/c1-3-26(17-19-7-8-22-23(15-19)31-14-13-30-22)24(28)18-25-9-11-27(12-10-25)20-5-4-6-21(16-20)29-2/h4-8,15-16H,3,9-14,17-18H2,1-2H3. The van der Waals surface area contributed by atoms with Gasteiger partial charge in [-0.25, -0.2) is 0 Å². The number of carbonyl (C=O) groups excluding carboxylic acids is 1. The molecule has 2 aromatic rings. The number of methoxy groups -OCH3 is 1. The maximum Gasteiger partial charge on any atom is 0.237 e. The summed E-state index contributed by atoms with van der Waals surface area (Å²) < 4.78 is 16.6. The Morgan fingerprint density at radius 1 is 1.03 bits per heavy atom. The topological polar surface area (TPSA) is 54.5 Å². The van der Waals surface area contributed by atoms with E-state index in [1.807, 2.05) is 42.2 Å². The molecule has 1 saturated heterocycles. The van der Waals surface area contributed by atoms with Crippen molar-refractivity contribution < 1.29 is 19.0 Å². The highest BCUT2D eigenvalue weighted by Gasteiger charge is 2.22. The fourth-order valence-electron chi connectivity index (χ4n) is 4.05. The highest BCUT2D eigenvalue weighted by molar-refractivity contribution is 5.78. The number of amides is 1. The lowest BCUT2D eigenvalue weighted by Crippen LogP contribution is -2.50. The average molecular weight is 426 g/mol. The van der Waals surface area contributed by atoms with Gasteiger partial charge in [0.05, 0.1) is 13.7 Å². The first-order valence-corrected chi connectivity index (χ1v) is 10.9. The molecule has 0 radical (unpaired) electrons. The molecule has 0 bridgehead atoms. The summed E-state index contributed by atoms with van der Waals surface area (Å²) in [6, 6.07) is 14.1. The highest BCUT2D eigenvalue weighted by Crippen LogP contribution is 2.31. The molecule has 0 atom stereocenters. The lowest BCUT2D eigenvalue weighted by Gasteiger charge is -2.36. The van der Waals surface area contributed by atoms with Gasteiger partial charge in [0, 0.05) is 51.0 Å². The van der Waals surface area contributed by atoms with Crippen molar-refractivity contribution in [3.05, 3.63) is 48.0 Å². The van der Waals surface area contributed by atoms with E-state index in [2.05, 4.69) is 21.9 Å². The van der Waals surface area contributed by atoms with Crippen molar-refractivity contribution in [3.8, 4) is 17.2 Å². The predicted molar refractivity (Wildman–Crippen MR) is 120 cm³/mol. The van der Waals surface area contributed by atoms with Crippen LogP contribution in [0, 0.1) is 0 Å². The molecule has 2 aromatic carbocycles. The van der Waals surface area contributed by atoms with Gasteiger partial charge in [-0.1, -0.05) is 12.1 Å². The molecule has 2 aliphatic rings. The van der Waals surface area contributed by atoms with Crippen molar-refractivity contribution in [2.24, 2.45) is 0 Å². The number of hydrogen-bond acceptors (Lipinski definition) is 6. The van der Waals surface area contributed by atoms with E-state index in [0.29, 0.717) is 32.8 Å². The van der Waals surface area contributed by atoms with E-state index in [0.717, 1.165) is 49.0 Å². The molecule has 0 saturated carbocycles. The van der Waals surface area contributed by atoms with E-state index < -0.39 is 0 Å². The van der Waals surface area contributed by atoms with Crippen LogP contribution in [-0.2, 0) is 11.3 Å². The monoisotopic (exact) mass is 425 g/mol. The molecule has 31 heavy (non-hydrogen) atoms. The van der Waals surface area contributed by atoms with Crippen LogP contribution in [0.5, 0.6) is 17.2 Å². The van der Waals surface area contributed by atoms with Gasteiger partial charge >= 0.3 is 0 Å². The second kappa shape index (κ2) is 9.92. The Labute approximate surface area is 184 Å². The van der Waals surface area contributed by atoms with Gasteiger partial charge < -0.3 is 24.0 Å². The van der Waals surface area contributed by atoms with Crippen molar-refractivity contribution in [1.82, 2.24) is 9.80 Å². The van der Waals surface area contributed by atoms with Gasteiger partial charge in [0.2, 0.25) is 5.91 Å². The number of benzene rings is 2. The first-order valence-electron chi connectivity index (χ1n) is 10.9. The number of nitrogens with zero attached hydrogens (tertiary/aromatic N) is 3. The lowest BCUT2D eigenvalue weighted by molar-refractivity contribution is -0.132. The molecule has 0 aliphatic carbocycles. The van der Waals surface area contributed by atoms with Crippen LogP contribution in [0.25, 0.3) is 0 Å². The van der Waals surface area contributed by atoms with Crippen molar-refractivity contribution in [2.75, 3.05) is 64.5 Å². The fraction of sp³-hybridized carbons (Fsp3) is 0.458. The van der Waals surface area contributed by atoms with Gasteiger partial charge in [0.25, 0.3) is 0 Å². The molecule has 0 aromatic heterocycles. The Hall–Kier alpha value is -2.93. The van der Waals surface area contributed by atoms with Gasteiger partial charge in [-0.05, 0) is 36.8 Å². The summed E-state index contributed by atoms with van der Waals surface area (Å²) in [6.07, 6.45) is 0. The SMILES string of the molecule is CCN(Cc1ccc2c(c1)OCCO2)C(=O)CN1CCN(c2cccc(OC)c2)CC1. The van der Waals surface area contributed by atoms with Crippen LogP contribution < -0.4 is 19.1 Å². The average Bonchev–Trinajstić information content (AvgIpc) is 2.83. The molecule has 0 N–H and O–H groups in total. The summed E-state index contributed by atoms with van der Waals surface area (Å²) >= 11 is 0. The molecule has 1 fully saturated rings. The smallest absolute Gasteiger partial charge is 0.237 e. The van der Waals surface area contributed by atoms with Crippen LogP contribution in [0.1, 0.15) is 12.5 Å². The van der Waals surface area contributed by atoms with Crippen LogP contribution in [0.2, 0.25) is 0 Å². The first kappa shape index (κ1) is 21.3. The Kier molecular flexibility index (Phi) is 6.82. The van der Waals surface area contributed by atoms with Crippen LogP contribution in [0.4, 0.5) is 5.69 Å². The van der Waals surface area contributed by atoms with Gasteiger partial charge in [-0.2, -0.15) is 0 Å². The van der Waals surface area contributed by atoms with Gasteiger partial charge in [0.15, 0.2) is 11.5 Å². The van der Waals surface area contributed by atoms with Gasteiger partial charge in [-0.3, -0.25) is 9.69 Å². The second-order valence-electron chi connectivity index (χ2n) is 7.85. The number of fused-ring (bicyclic) bond motifs is 1. The molecule has 166 valence electrons. The third kappa shape index (κ3) is 5.22. The minimum atomic E-state index is 0.159. The number of anilines is 1. The van der Waals surface area contributed by atoms with Crippen molar-refractivity contribution in [2.45, 2.75) is 13.5 Å². The van der Waals surface area contributed by atoms with Crippen molar-refractivity contribution in [1.29, 1.82) is 0 Å². The predicted octanol–water partition coefficient (Wildman–Crippen LogP) is 2.64. The van der Waals surface area contributed by atoms with Gasteiger partial charge in [0.1, 0.15) is 19.0 Å². The molecular weight excluding hydrogens is 394 g/mol. The van der Waals surface area contributed by atoms with E-state index >= 15 is 0 Å². The zero-order valence-electron chi connectivity index (χ0n) is 18.4. The van der Waals surface area contributed by atoms with E-state index in [-0.39, 0.29) is 5.91 Å². The fourth-order valence-corrected chi connectivity index (χ4v) is 4.05. The molecule has 7 nitrogen and oxygen atoms in total. The number of carbonyl (C=O) groups is 1. The van der Waals surface area contributed by atoms with E-state index in [4.69, 9.17) is 14.2 Å². The van der Waals surface area contributed by atoms with Crippen LogP contribution in [0.3, 0.4) is 0 Å². The second-order valence-corrected chi connectivity index (χ2v) is 7.85. The third-order valence-electron chi connectivity index (χ3n) is 5.86. The summed E-state index contributed by atoms with van der Waals surface area (Å²) in [5.41, 5.74) is 2.22. The summed E-state index contributed by atoms with van der Waals surface area (Å²) in [4.78, 5) is 19.5. The molecular formula is C24H31N3O4. The first-order chi connectivity index (χ1) is 15.2. The summed E-state index contributed by atoms with van der Waals surface area (Å²) in [5, 5.41) is 0. The van der Waals surface area contributed by atoms with Crippen molar-refractivity contribution >= 4 is 11.6 Å². The number of piperazine rings is 1. The van der Waals surface area contributed by atoms with Crippen molar-refractivity contribution in [3.63, 3.8) is 0 Å². The molecule has 1 amide bonds. The van der Waals surface area contributed by atoms with Crippen LogP contribution >= 0.6 is 0 Å². The maximum atomic E-state index is 13.0. The minimum Gasteiger partial charge on any atom is -0.497 e. The summed E-state index contributed by atoms with van der Waals surface area (Å²) in [5.74, 6) is 2.57. The molecule has 2 aliphatic heterocycles. The zero-order chi connectivity index (χ0) is 21.6. The van der Waals surface area contributed by atoms with E-state index in [9.17, 15) is 4.79 Å². The third-order valence-corrected chi connectivity index (χ3v) is 5.86. The Morgan fingerprint density at radius 3 is 2.55 bits per heavy atom. The van der Waals surface area contributed by atoms with Crippen LogP contribution in [-0.4, -0.2) is 75.3 Å². The largest absolute Gasteiger partial charge is 0.497 e. The van der Waals surface area contributed by atoms with E-state index in [1.165, 1.54) is 5.69 Å². The number of hydrogen-bond donors (Lipinski definition) is 0. The molecule has 0 spiro atoms. The highest BCUT2D eigenvalue weighted by atomic mass is 16.6. The Balaban J connectivity index is 1.30. The number of ether oxygens (including phenoxy) is 3. The quantitative estimate of drug-likeness (QED) is 0.680.